The van der Waals surface area contributed by atoms with Crippen molar-refractivity contribution in [3.05, 3.63) is 47.2 Å². The highest BCUT2D eigenvalue weighted by Gasteiger charge is 2.04. The molecule has 0 aliphatic heterocycles. The number of thiophene rings is 1. The van der Waals surface area contributed by atoms with Gasteiger partial charge in [0.25, 0.3) is 0 Å². The molecule has 3 heteroatoms. The number of nitrogens with zero attached hydrogens (tertiary/aromatic N) is 2. The van der Waals surface area contributed by atoms with Crippen molar-refractivity contribution >= 4 is 22.2 Å². The summed E-state index contributed by atoms with van der Waals surface area (Å²) in [4.78, 5) is 11.1. The van der Waals surface area contributed by atoms with E-state index < -0.39 is 0 Å². The van der Waals surface area contributed by atoms with E-state index in [-0.39, 0.29) is 0 Å². The van der Waals surface area contributed by atoms with Gasteiger partial charge >= 0.3 is 0 Å². The molecule has 1 aromatic carbocycles. The van der Waals surface area contributed by atoms with Crippen molar-refractivity contribution in [2.75, 3.05) is 0 Å². The van der Waals surface area contributed by atoms with E-state index >= 15 is 0 Å². The first-order valence-corrected chi connectivity index (χ1v) is 6.34. The Hall–Kier alpha value is -1.74. The van der Waals surface area contributed by atoms with Crippen LogP contribution in [0.2, 0.25) is 0 Å². The Balaban J connectivity index is 2.22. The standard InChI is InChI=1S/C14H12N2S/c1-9-3-6-14(17-9)11-4-5-13-12(7-11)10(2)15-8-16-13/h3-8H,1-2H3. The van der Waals surface area contributed by atoms with E-state index in [9.17, 15) is 0 Å². The summed E-state index contributed by atoms with van der Waals surface area (Å²) in [6.07, 6.45) is 1.62. The van der Waals surface area contributed by atoms with Crippen molar-refractivity contribution in [2.45, 2.75) is 13.8 Å². The summed E-state index contributed by atoms with van der Waals surface area (Å²) in [5.74, 6) is 0. The van der Waals surface area contributed by atoms with Gasteiger partial charge in [-0.1, -0.05) is 6.07 Å². The molecule has 0 atom stereocenters. The zero-order valence-corrected chi connectivity index (χ0v) is 10.6. The fraction of sp³-hybridized carbons (Fsp3) is 0.143. The van der Waals surface area contributed by atoms with Crippen molar-refractivity contribution in [3.8, 4) is 10.4 Å². The molecule has 2 aromatic heterocycles. The maximum atomic E-state index is 4.27. The van der Waals surface area contributed by atoms with Crippen LogP contribution in [0.1, 0.15) is 10.6 Å². The van der Waals surface area contributed by atoms with Crippen LogP contribution in [0.4, 0.5) is 0 Å². The molecule has 3 aromatic rings. The van der Waals surface area contributed by atoms with Crippen LogP contribution in [0.5, 0.6) is 0 Å². The molecular weight excluding hydrogens is 228 g/mol. The minimum atomic E-state index is 1.01. The summed E-state index contributed by atoms with van der Waals surface area (Å²) in [5.41, 5.74) is 3.29. The Bertz CT molecular complexity index is 686. The molecule has 17 heavy (non-hydrogen) atoms. The summed E-state index contributed by atoms with van der Waals surface area (Å²) in [6, 6.07) is 10.7. The van der Waals surface area contributed by atoms with Crippen LogP contribution >= 0.6 is 11.3 Å². The van der Waals surface area contributed by atoms with E-state index in [0.717, 1.165) is 16.6 Å². The van der Waals surface area contributed by atoms with Gasteiger partial charge in [-0.05, 0) is 43.7 Å². The molecule has 0 bridgehead atoms. The van der Waals surface area contributed by atoms with Gasteiger partial charge in [-0.3, -0.25) is 0 Å². The van der Waals surface area contributed by atoms with E-state index in [1.165, 1.54) is 15.3 Å². The van der Waals surface area contributed by atoms with E-state index in [1.807, 2.05) is 18.3 Å². The molecule has 84 valence electrons. The largest absolute Gasteiger partial charge is 0.241 e. The predicted molar refractivity (Wildman–Crippen MR) is 72.3 cm³/mol. The second-order valence-electron chi connectivity index (χ2n) is 4.10. The minimum Gasteiger partial charge on any atom is -0.241 e. The maximum absolute atomic E-state index is 4.27. The molecule has 0 unspecified atom stereocenters. The number of benzene rings is 1. The van der Waals surface area contributed by atoms with Gasteiger partial charge in [0.2, 0.25) is 0 Å². The first-order chi connectivity index (χ1) is 8.24. The zero-order valence-electron chi connectivity index (χ0n) is 9.77. The van der Waals surface area contributed by atoms with Crippen LogP contribution in [0.25, 0.3) is 21.3 Å². The second kappa shape index (κ2) is 3.93. The second-order valence-corrected chi connectivity index (χ2v) is 5.39. The number of aromatic nitrogens is 2. The molecule has 0 saturated heterocycles. The Morgan fingerprint density at radius 3 is 2.65 bits per heavy atom. The summed E-state index contributed by atoms with van der Waals surface area (Å²) >= 11 is 1.81. The topological polar surface area (TPSA) is 25.8 Å². The van der Waals surface area contributed by atoms with E-state index in [0.29, 0.717) is 0 Å². The molecular formula is C14H12N2S. The van der Waals surface area contributed by atoms with E-state index in [1.54, 1.807) is 6.33 Å². The van der Waals surface area contributed by atoms with Crippen LogP contribution < -0.4 is 0 Å². The highest BCUT2D eigenvalue weighted by Crippen LogP contribution is 2.30. The summed E-state index contributed by atoms with van der Waals surface area (Å²) < 4.78 is 0. The lowest BCUT2D eigenvalue weighted by molar-refractivity contribution is 1.15. The van der Waals surface area contributed by atoms with Gasteiger partial charge in [-0.2, -0.15) is 0 Å². The molecule has 0 fully saturated rings. The van der Waals surface area contributed by atoms with Crippen LogP contribution in [0.3, 0.4) is 0 Å². The third-order valence-electron chi connectivity index (χ3n) is 2.86. The fourth-order valence-electron chi connectivity index (χ4n) is 1.93. The first kappa shape index (κ1) is 10.4. The molecule has 3 rings (SSSR count). The predicted octanol–water partition coefficient (Wildman–Crippen LogP) is 3.98. The van der Waals surface area contributed by atoms with Gasteiger partial charge in [-0.15, -0.1) is 11.3 Å². The third-order valence-corrected chi connectivity index (χ3v) is 3.91. The molecule has 2 nitrogen and oxygen atoms in total. The molecule has 0 spiro atoms. The lowest BCUT2D eigenvalue weighted by Crippen LogP contribution is -1.87. The molecule has 0 aliphatic carbocycles. The van der Waals surface area contributed by atoms with Crippen molar-refractivity contribution in [1.29, 1.82) is 0 Å². The normalized spacial score (nSPS) is 10.9. The Morgan fingerprint density at radius 2 is 1.88 bits per heavy atom. The lowest BCUT2D eigenvalue weighted by Gasteiger charge is -2.03. The molecule has 0 saturated carbocycles. The zero-order chi connectivity index (χ0) is 11.8. The quantitative estimate of drug-likeness (QED) is 0.643. The number of hydrogen-bond donors (Lipinski definition) is 0. The smallest absolute Gasteiger partial charge is 0.116 e. The van der Waals surface area contributed by atoms with Gasteiger partial charge in [0.15, 0.2) is 0 Å². The van der Waals surface area contributed by atoms with Crippen LogP contribution in [-0.4, -0.2) is 9.97 Å². The van der Waals surface area contributed by atoms with Crippen molar-refractivity contribution in [2.24, 2.45) is 0 Å². The van der Waals surface area contributed by atoms with E-state index in [4.69, 9.17) is 0 Å². The maximum Gasteiger partial charge on any atom is 0.116 e. The van der Waals surface area contributed by atoms with Gasteiger partial charge in [0.1, 0.15) is 6.33 Å². The summed E-state index contributed by atoms with van der Waals surface area (Å²) in [6.45, 7) is 4.15. The Morgan fingerprint density at radius 1 is 1.00 bits per heavy atom. The van der Waals surface area contributed by atoms with Gasteiger partial charge in [0.05, 0.1) is 5.52 Å². The summed E-state index contributed by atoms with van der Waals surface area (Å²) in [5, 5.41) is 1.14. The molecule has 0 aliphatic rings. The average Bonchev–Trinajstić information content (AvgIpc) is 2.76. The molecule has 0 N–H and O–H groups in total. The van der Waals surface area contributed by atoms with Crippen molar-refractivity contribution in [3.63, 3.8) is 0 Å². The summed E-state index contributed by atoms with van der Waals surface area (Å²) in [7, 11) is 0. The highest BCUT2D eigenvalue weighted by molar-refractivity contribution is 7.15. The fourth-order valence-corrected chi connectivity index (χ4v) is 2.79. The van der Waals surface area contributed by atoms with Crippen molar-refractivity contribution in [1.82, 2.24) is 9.97 Å². The molecule has 0 amide bonds. The molecule has 0 radical (unpaired) electrons. The number of fused-ring (bicyclic) bond motifs is 1. The van der Waals surface area contributed by atoms with Crippen LogP contribution in [-0.2, 0) is 0 Å². The number of aryl methyl sites for hydroxylation is 2. The van der Waals surface area contributed by atoms with Gasteiger partial charge in [0, 0.05) is 20.8 Å². The van der Waals surface area contributed by atoms with Crippen molar-refractivity contribution < 1.29 is 0 Å². The Labute approximate surface area is 104 Å². The van der Waals surface area contributed by atoms with Crippen LogP contribution in [0, 0.1) is 13.8 Å². The monoisotopic (exact) mass is 240 g/mol. The first-order valence-electron chi connectivity index (χ1n) is 5.52. The van der Waals surface area contributed by atoms with E-state index in [2.05, 4.69) is 47.2 Å². The minimum absolute atomic E-state index is 1.01. The lowest BCUT2D eigenvalue weighted by atomic mass is 10.1. The number of hydrogen-bond acceptors (Lipinski definition) is 3. The van der Waals surface area contributed by atoms with Crippen LogP contribution in [0.15, 0.2) is 36.7 Å². The SMILES string of the molecule is Cc1ccc(-c2ccc3ncnc(C)c3c2)s1. The van der Waals surface area contributed by atoms with Gasteiger partial charge in [-0.25, -0.2) is 9.97 Å². The average molecular weight is 240 g/mol. The third kappa shape index (κ3) is 1.83. The highest BCUT2D eigenvalue weighted by atomic mass is 32.1. The number of rotatable bonds is 1. The Kier molecular flexibility index (Phi) is 2.41. The van der Waals surface area contributed by atoms with Gasteiger partial charge < -0.3 is 0 Å². The molecule has 2 heterocycles.